The normalized spacial score (nSPS) is 12.1. The van der Waals surface area contributed by atoms with Crippen LogP contribution in [0.2, 0.25) is 0 Å². The molecule has 3 N–H and O–H groups in total. The molecular formula is C11H9N3O2S2. The largest absolute Gasteiger partial charge is 0.346 e. The Morgan fingerprint density at radius 1 is 1.22 bits per heavy atom. The third kappa shape index (κ3) is 1.82. The molecule has 0 aliphatic rings. The van der Waals surface area contributed by atoms with Gasteiger partial charge in [0.15, 0.2) is 0 Å². The molecule has 5 nitrogen and oxygen atoms in total. The van der Waals surface area contributed by atoms with Crippen LogP contribution in [-0.4, -0.2) is 18.4 Å². The fourth-order valence-corrected chi connectivity index (χ4v) is 3.56. The molecular weight excluding hydrogens is 270 g/mol. The Kier molecular flexibility index (Phi) is 2.47. The molecule has 0 amide bonds. The predicted octanol–water partition coefficient (Wildman–Crippen LogP) is 1.94. The summed E-state index contributed by atoms with van der Waals surface area (Å²) in [4.78, 5) is 8.06. The second-order valence-corrected chi connectivity index (χ2v) is 6.63. The van der Waals surface area contributed by atoms with Crippen LogP contribution >= 0.6 is 11.3 Å². The Labute approximate surface area is 107 Å². The van der Waals surface area contributed by atoms with Crippen LogP contribution in [0.5, 0.6) is 0 Å². The topological polar surface area (TPSA) is 88.8 Å². The van der Waals surface area contributed by atoms with E-state index in [-0.39, 0.29) is 4.21 Å². The summed E-state index contributed by atoms with van der Waals surface area (Å²) >= 11 is 1.16. The van der Waals surface area contributed by atoms with Crippen LogP contribution in [0.15, 0.2) is 40.9 Å². The van der Waals surface area contributed by atoms with E-state index >= 15 is 0 Å². The van der Waals surface area contributed by atoms with Crippen molar-refractivity contribution in [3.8, 4) is 10.4 Å². The van der Waals surface area contributed by atoms with Crippen LogP contribution in [0.1, 0.15) is 0 Å². The number of nitrogens with two attached hydrogens (primary N) is 1. The maximum Gasteiger partial charge on any atom is 0.247 e. The summed E-state index contributed by atoms with van der Waals surface area (Å²) in [6.07, 6.45) is 3.49. The zero-order valence-electron chi connectivity index (χ0n) is 9.12. The summed E-state index contributed by atoms with van der Waals surface area (Å²) in [7, 11) is -3.63. The van der Waals surface area contributed by atoms with E-state index in [9.17, 15) is 8.42 Å². The standard InChI is InChI=1S/C11H9N3O2S2/c12-18(15,16)10-2-1-9(17-10)7-3-5-13-11-8(7)4-6-14-11/h1-6H,(H,13,14)(H2,12,15,16). The monoisotopic (exact) mass is 279 g/mol. The van der Waals surface area contributed by atoms with Crippen molar-refractivity contribution in [3.63, 3.8) is 0 Å². The fraction of sp³-hybridized carbons (Fsp3) is 0. The zero-order chi connectivity index (χ0) is 12.8. The van der Waals surface area contributed by atoms with E-state index in [1.807, 2.05) is 12.1 Å². The second-order valence-electron chi connectivity index (χ2n) is 3.76. The molecule has 0 saturated heterocycles. The zero-order valence-corrected chi connectivity index (χ0v) is 10.8. The highest BCUT2D eigenvalue weighted by Crippen LogP contribution is 2.33. The van der Waals surface area contributed by atoms with Crippen LogP contribution in [-0.2, 0) is 10.0 Å². The molecule has 0 unspecified atom stereocenters. The molecule has 7 heteroatoms. The number of hydrogen-bond donors (Lipinski definition) is 2. The number of H-pyrrole nitrogens is 1. The summed E-state index contributed by atoms with van der Waals surface area (Å²) in [6, 6.07) is 7.05. The first-order chi connectivity index (χ1) is 8.55. The van der Waals surface area contributed by atoms with Gasteiger partial charge in [0.25, 0.3) is 0 Å². The molecule has 0 bridgehead atoms. The molecule has 0 fully saturated rings. The fourth-order valence-electron chi connectivity index (χ4n) is 1.79. The van der Waals surface area contributed by atoms with Crippen molar-refractivity contribution in [2.45, 2.75) is 4.21 Å². The van der Waals surface area contributed by atoms with E-state index in [1.165, 1.54) is 6.07 Å². The van der Waals surface area contributed by atoms with Gasteiger partial charge in [-0.3, -0.25) is 0 Å². The van der Waals surface area contributed by atoms with Gasteiger partial charge >= 0.3 is 0 Å². The average Bonchev–Trinajstić information content (AvgIpc) is 2.96. The molecule has 0 aliphatic heterocycles. The van der Waals surface area contributed by atoms with E-state index in [0.717, 1.165) is 32.8 Å². The Morgan fingerprint density at radius 2 is 2.06 bits per heavy atom. The molecule has 0 radical (unpaired) electrons. The molecule has 3 heterocycles. The van der Waals surface area contributed by atoms with Gasteiger partial charge in [0, 0.05) is 28.2 Å². The van der Waals surface area contributed by atoms with Gasteiger partial charge in [-0.15, -0.1) is 11.3 Å². The lowest BCUT2D eigenvalue weighted by Crippen LogP contribution is -2.09. The van der Waals surface area contributed by atoms with Crippen molar-refractivity contribution in [2.75, 3.05) is 0 Å². The molecule has 3 aromatic rings. The number of fused-ring (bicyclic) bond motifs is 1. The molecule has 3 rings (SSSR count). The number of aromatic nitrogens is 2. The van der Waals surface area contributed by atoms with Gasteiger partial charge < -0.3 is 4.98 Å². The van der Waals surface area contributed by atoms with Crippen molar-refractivity contribution in [1.82, 2.24) is 9.97 Å². The summed E-state index contributed by atoms with van der Waals surface area (Å²) in [5.41, 5.74) is 1.72. The molecule has 92 valence electrons. The van der Waals surface area contributed by atoms with E-state index in [2.05, 4.69) is 9.97 Å². The van der Waals surface area contributed by atoms with Gasteiger partial charge in [-0.2, -0.15) is 0 Å². The van der Waals surface area contributed by atoms with Gasteiger partial charge in [-0.05, 0) is 24.3 Å². The van der Waals surface area contributed by atoms with Gasteiger partial charge in [0.1, 0.15) is 9.86 Å². The summed E-state index contributed by atoms with van der Waals surface area (Å²) in [5.74, 6) is 0. The molecule has 0 aromatic carbocycles. The molecule has 0 saturated carbocycles. The Hall–Kier alpha value is -1.70. The van der Waals surface area contributed by atoms with Gasteiger partial charge in [-0.1, -0.05) is 0 Å². The van der Waals surface area contributed by atoms with Gasteiger partial charge in [0.2, 0.25) is 10.0 Å². The van der Waals surface area contributed by atoms with Crippen LogP contribution in [0.25, 0.3) is 21.5 Å². The maximum atomic E-state index is 11.3. The summed E-state index contributed by atoms with van der Waals surface area (Å²) in [5, 5.41) is 6.06. The summed E-state index contributed by atoms with van der Waals surface area (Å²) < 4.78 is 22.7. The number of nitrogens with zero attached hydrogens (tertiary/aromatic N) is 1. The van der Waals surface area contributed by atoms with Gasteiger partial charge in [0.05, 0.1) is 0 Å². The van der Waals surface area contributed by atoms with Crippen LogP contribution in [0, 0.1) is 0 Å². The Morgan fingerprint density at radius 3 is 2.78 bits per heavy atom. The third-order valence-electron chi connectivity index (χ3n) is 2.59. The lowest BCUT2D eigenvalue weighted by atomic mass is 10.1. The van der Waals surface area contributed by atoms with Crippen LogP contribution < -0.4 is 5.14 Å². The second kappa shape index (κ2) is 3.91. The molecule has 0 atom stereocenters. The van der Waals surface area contributed by atoms with Gasteiger partial charge in [-0.25, -0.2) is 18.5 Å². The van der Waals surface area contributed by atoms with E-state index in [0.29, 0.717) is 0 Å². The first-order valence-electron chi connectivity index (χ1n) is 5.11. The summed E-state index contributed by atoms with van der Waals surface area (Å²) in [6.45, 7) is 0. The number of pyridine rings is 1. The highest BCUT2D eigenvalue weighted by atomic mass is 32.2. The lowest BCUT2D eigenvalue weighted by Gasteiger charge is -1.98. The minimum absolute atomic E-state index is 0.165. The highest BCUT2D eigenvalue weighted by molar-refractivity contribution is 7.91. The molecule has 18 heavy (non-hydrogen) atoms. The van der Waals surface area contributed by atoms with Crippen molar-refractivity contribution in [2.24, 2.45) is 5.14 Å². The van der Waals surface area contributed by atoms with Crippen LogP contribution in [0.4, 0.5) is 0 Å². The number of hydrogen-bond acceptors (Lipinski definition) is 4. The smallest absolute Gasteiger partial charge is 0.247 e. The quantitative estimate of drug-likeness (QED) is 0.751. The van der Waals surface area contributed by atoms with Crippen molar-refractivity contribution >= 4 is 32.4 Å². The number of primary sulfonamides is 1. The van der Waals surface area contributed by atoms with Crippen LogP contribution in [0.3, 0.4) is 0 Å². The maximum absolute atomic E-state index is 11.3. The minimum atomic E-state index is -3.63. The predicted molar refractivity (Wildman–Crippen MR) is 70.8 cm³/mol. The average molecular weight is 279 g/mol. The number of thiophene rings is 1. The van der Waals surface area contributed by atoms with E-state index in [4.69, 9.17) is 5.14 Å². The van der Waals surface area contributed by atoms with Crippen molar-refractivity contribution < 1.29 is 8.42 Å². The Bertz CT molecular complexity index is 818. The third-order valence-corrected chi connectivity index (χ3v) is 5.14. The number of nitrogens with one attached hydrogen (secondary N) is 1. The Balaban J connectivity index is 2.21. The molecule has 0 spiro atoms. The lowest BCUT2D eigenvalue weighted by molar-refractivity contribution is 0.600. The van der Waals surface area contributed by atoms with Crippen molar-refractivity contribution in [1.29, 1.82) is 0 Å². The first kappa shape index (κ1) is 11.4. The van der Waals surface area contributed by atoms with E-state index < -0.39 is 10.0 Å². The van der Waals surface area contributed by atoms with E-state index in [1.54, 1.807) is 18.5 Å². The molecule has 0 aliphatic carbocycles. The first-order valence-corrected chi connectivity index (χ1v) is 7.47. The van der Waals surface area contributed by atoms with Crippen molar-refractivity contribution in [3.05, 3.63) is 36.7 Å². The number of rotatable bonds is 2. The minimum Gasteiger partial charge on any atom is -0.346 e. The highest BCUT2D eigenvalue weighted by Gasteiger charge is 2.13. The SMILES string of the molecule is NS(=O)(=O)c1ccc(-c2ccnc3[nH]ccc23)s1. The molecule has 3 aromatic heterocycles. The number of aromatic amines is 1. The number of sulfonamides is 1.